The Morgan fingerprint density at radius 3 is 2.20 bits per heavy atom. The van der Waals surface area contributed by atoms with Crippen LogP contribution in [0.1, 0.15) is 37.3 Å². The fourth-order valence-corrected chi connectivity index (χ4v) is 4.38. The summed E-state index contributed by atoms with van der Waals surface area (Å²) in [4.78, 5) is 54.1. The minimum absolute atomic E-state index is 0.141. The maximum atomic E-state index is 13.6. The highest BCUT2D eigenvalue weighted by Crippen LogP contribution is 2.19. The second-order valence-corrected chi connectivity index (χ2v) is 9.84. The molecule has 1 heterocycles. The van der Waals surface area contributed by atoms with Crippen LogP contribution in [0, 0.1) is 0 Å². The molecular formula is C29H38N6O5. The van der Waals surface area contributed by atoms with Gasteiger partial charge in [0, 0.05) is 23.5 Å². The lowest BCUT2D eigenvalue weighted by Crippen LogP contribution is -2.57. The third kappa shape index (κ3) is 8.65. The van der Waals surface area contributed by atoms with Gasteiger partial charge in [0.1, 0.15) is 18.1 Å². The normalized spacial score (nSPS) is 14.1. The van der Waals surface area contributed by atoms with Crippen molar-refractivity contribution < 1.29 is 24.3 Å². The van der Waals surface area contributed by atoms with E-state index in [0.717, 1.165) is 22.0 Å². The smallest absolute Gasteiger partial charge is 0.325 e. The van der Waals surface area contributed by atoms with Gasteiger partial charge in [0.2, 0.25) is 17.7 Å². The van der Waals surface area contributed by atoms with Crippen molar-refractivity contribution in [1.29, 1.82) is 0 Å². The maximum Gasteiger partial charge on any atom is 0.325 e. The molecule has 3 amide bonds. The molecule has 11 nitrogen and oxygen atoms in total. The van der Waals surface area contributed by atoms with Crippen molar-refractivity contribution in [3.63, 3.8) is 0 Å². The van der Waals surface area contributed by atoms with Crippen molar-refractivity contribution in [2.45, 2.75) is 63.2 Å². The van der Waals surface area contributed by atoms with Gasteiger partial charge in [0.15, 0.2) is 0 Å². The standard InChI is InChI=1S/C29H38N6O5/c1-18(29(39)40)33-27(37)24(13-7-8-14-30)34-28(38)25(16-20-17-32-23-12-6-5-11-21(20)23)35-26(36)22(31)15-19-9-3-2-4-10-19/h2-6,9-12,17-18,22,24-25,32H,7-8,13-16,30-31H2,1H3,(H,33,37)(H,34,38)(H,35,36)(H,39,40). The molecule has 3 rings (SSSR count). The highest BCUT2D eigenvalue weighted by molar-refractivity contribution is 5.94. The number of carboxylic acids is 1. The number of carboxylic acid groups (broad SMARTS) is 1. The molecule has 0 aliphatic rings. The zero-order valence-corrected chi connectivity index (χ0v) is 22.6. The molecule has 0 bridgehead atoms. The fourth-order valence-electron chi connectivity index (χ4n) is 4.38. The summed E-state index contributed by atoms with van der Waals surface area (Å²) in [6, 6.07) is 12.8. The Balaban J connectivity index is 1.81. The van der Waals surface area contributed by atoms with Crippen molar-refractivity contribution in [2.24, 2.45) is 11.5 Å². The van der Waals surface area contributed by atoms with E-state index in [2.05, 4.69) is 20.9 Å². The summed E-state index contributed by atoms with van der Waals surface area (Å²) in [6.07, 6.45) is 3.62. The average molecular weight is 551 g/mol. The van der Waals surface area contributed by atoms with Crippen molar-refractivity contribution in [3.05, 3.63) is 71.9 Å². The summed E-state index contributed by atoms with van der Waals surface area (Å²) in [5, 5.41) is 18.0. The number of hydrogen-bond donors (Lipinski definition) is 7. The van der Waals surface area contributed by atoms with Crippen LogP contribution in [0.2, 0.25) is 0 Å². The van der Waals surface area contributed by atoms with Crippen LogP contribution in [0.3, 0.4) is 0 Å². The summed E-state index contributed by atoms with van der Waals surface area (Å²) in [5.74, 6) is -2.91. The number of carbonyl (C=O) groups excluding carboxylic acids is 3. The van der Waals surface area contributed by atoms with Gasteiger partial charge in [-0.1, -0.05) is 48.5 Å². The second kappa shape index (κ2) is 14.8. The molecule has 1 aromatic heterocycles. The van der Waals surface area contributed by atoms with Crippen LogP contribution in [0.5, 0.6) is 0 Å². The lowest BCUT2D eigenvalue weighted by Gasteiger charge is -2.25. The maximum absolute atomic E-state index is 13.6. The van der Waals surface area contributed by atoms with Gasteiger partial charge in [0.05, 0.1) is 6.04 Å². The molecule has 4 atom stereocenters. The fraction of sp³-hybridized carbons (Fsp3) is 0.379. The van der Waals surface area contributed by atoms with Gasteiger partial charge in [-0.3, -0.25) is 19.2 Å². The van der Waals surface area contributed by atoms with Crippen LogP contribution in [0.15, 0.2) is 60.8 Å². The van der Waals surface area contributed by atoms with Crippen LogP contribution in [0.4, 0.5) is 0 Å². The second-order valence-electron chi connectivity index (χ2n) is 9.84. The van der Waals surface area contributed by atoms with E-state index in [4.69, 9.17) is 11.5 Å². The number of hydrogen-bond acceptors (Lipinski definition) is 6. The molecule has 0 fully saturated rings. The number of aliphatic carboxylic acids is 1. The van der Waals surface area contributed by atoms with Gasteiger partial charge in [-0.25, -0.2) is 0 Å². The molecule has 214 valence electrons. The molecule has 40 heavy (non-hydrogen) atoms. The molecule has 3 aromatic rings. The van der Waals surface area contributed by atoms with Crippen LogP contribution in [-0.2, 0) is 32.0 Å². The van der Waals surface area contributed by atoms with E-state index in [-0.39, 0.29) is 19.3 Å². The van der Waals surface area contributed by atoms with Crippen LogP contribution in [-0.4, -0.2) is 64.5 Å². The van der Waals surface area contributed by atoms with Crippen molar-refractivity contribution >= 4 is 34.6 Å². The Morgan fingerprint density at radius 2 is 1.50 bits per heavy atom. The Morgan fingerprint density at radius 1 is 0.850 bits per heavy atom. The van der Waals surface area contributed by atoms with Gasteiger partial charge in [-0.2, -0.15) is 0 Å². The van der Waals surface area contributed by atoms with Crippen LogP contribution in [0.25, 0.3) is 10.9 Å². The summed E-state index contributed by atoms with van der Waals surface area (Å²) in [5.41, 5.74) is 14.3. The number of benzene rings is 2. The van der Waals surface area contributed by atoms with Gasteiger partial charge < -0.3 is 37.5 Å². The molecular weight excluding hydrogens is 512 g/mol. The number of nitrogens with one attached hydrogen (secondary N) is 4. The molecule has 9 N–H and O–H groups in total. The summed E-state index contributed by atoms with van der Waals surface area (Å²) in [6.45, 7) is 1.75. The van der Waals surface area contributed by atoms with Gasteiger partial charge in [-0.15, -0.1) is 0 Å². The third-order valence-corrected chi connectivity index (χ3v) is 6.68. The number of carbonyl (C=O) groups is 4. The summed E-state index contributed by atoms with van der Waals surface area (Å²) >= 11 is 0. The quantitative estimate of drug-likeness (QED) is 0.137. The molecule has 0 aliphatic carbocycles. The van der Waals surface area contributed by atoms with E-state index < -0.39 is 47.9 Å². The number of rotatable bonds is 15. The SMILES string of the molecule is CC(NC(=O)C(CCCCN)NC(=O)C(Cc1c[nH]c2ccccc12)NC(=O)C(N)Cc1ccccc1)C(=O)O. The lowest BCUT2D eigenvalue weighted by molar-refractivity contribution is -0.141. The first-order valence-electron chi connectivity index (χ1n) is 13.4. The predicted octanol–water partition coefficient (Wildman–Crippen LogP) is 0.968. The number of aromatic nitrogens is 1. The minimum Gasteiger partial charge on any atom is -0.480 e. The van der Waals surface area contributed by atoms with Crippen molar-refractivity contribution in [2.75, 3.05) is 6.54 Å². The molecule has 0 spiro atoms. The molecule has 0 aliphatic heterocycles. The topological polar surface area (TPSA) is 192 Å². The molecule has 4 unspecified atom stereocenters. The van der Waals surface area contributed by atoms with E-state index in [1.165, 1.54) is 6.92 Å². The Labute approximate surface area is 233 Å². The molecule has 0 radical (unpaired) electrons. The number of nitrogens with two attached hydrogens (primary N) is 2. The van der Waals surface area contributed by atoms with Crippen molar-refractivity contribution in [3.8, 4) is 0 Å². The zero-order chi connectivity index (χ0) is 29.1. The van der Waals surface area contributed by atoms with E-state index in [9.17, 15) is 24.3 Å². The Bertz CT molecular complexity index is 1290. The van der Waals surface area contributed by atoms with Crippen molar-refractivity contribution in [1.82, 2.24) is 20.9 Å². The summed E-state index contributed by atoms with van der Waals surface area (Å²) < 4.78 is 0. The highest BCUT2D eigenvalue weighted by atomic mass is 16.4. The molecule has 11 heteroatoms. The number of H-pyrrole nitrogens is 1. The first-order chi connectivity index (χ1) is 19.2. The average Bonchev–Trinajstić information content (AvgIpc) is 3.35. The Hall–Kier alpha value is -4.22. The van der Waals surface area contributed by atoms with E-state index in [1.54, 1.807) is 6.20 Å². The first kappa shape index (κ1) is 30.3. The number of fused-ring (bicyclic) bond motifs is 1. The largest absolute Gasteiger partial charge is 0.480 e. The zero-order valence-electron chi connectivity index (χ0n) is 22.6. The monoisotopic (exact) mass is 550 g/mol. The third-order valence-electron chi connectivity index (χ3n) is 6.68. The minimum atomic E-state index is -1.20. The predicted molar refractivity (Wildman–Crippen MR) is 152 cm³/mol. The number of amides is 3. The summed E-state index contributed by atoms with van der Waals surface area (Å²) in [7, 11) is 0. The van der Waals surface area contributed by atoms with Gasteiger partial charge >= 0.3 is 5.97 Å². The van der Waals surface area contributed by atoms with E-state index >= 15 is 0 Å². The van der Waals surface area contributed by atoms with Crippen LogP contribution < -0.4 is 27.4 Å². The first-order valence-corrected chi connectivity index (χ1v) is 13.4. The van der Waals surface area contributed by atoms with E-state index in [0.29, 0.717) is 19.4 Å². The lowest BCUT2D eigenvalue weighted by atomic mass is 10.0. The molecule has 0 saturated heterocycles. The molecule has 0 saturated carbocycles. The Kier molecular flexibility index (Phi) is 11.2. The number of aromatic amines is 1. The van der Waals surface area contributed by atoms with Crippen LogP contribution >= 0.6 is 0 Å². The highest BCUT2D eigenvalue weighted by Gasteiger charge is 2.30. The number of para-hydroxylation sites is 1. The van der Waals surface area contributed by atoms with Gasteiger partial charge in [0.25, 0.3) is 0 Å². The molecule has 2 aromatic carbocycles. The van der Waals surface area contributed by atoms with Gasteiger partial charge in [-0.05, 0) is 56.3 Å². The number of unbranched alkanes of at least 4 members (excludes halogenated alkanes) is 1. The van der Waals surface area contributed by atoms with E-state index in [1.807, 2.05) is 54.6 Å².